The number of allylic oxidation sites excluding steroid dienone is 7. The molecule has 0 bridgehead atoms. The van der Waals surface area contributed by atoms with Gasteiger partial charge in [0.25, 0.3) is 10.1 Å². The zero-order valence-electron chi connectivity index (χ0n) is 31.4. The highest BCUT2D eigenvalue weighted by Crippen LogP contribution is 2.13. The molecule has 0 radical (unpaired) electrons. The van der Waals surface area contributed by atoms with Crippen molar-refractivity contribution < 1.29 is 28.0 Å². The van der Waals surface area contributed by atoms with Crippen LogP contribution in [0.2, 0.25) is 0 Å². The topological polar surface area (TPSA) is 124 Å². The maximum atomic E-state index is 12.5. The van der Waals surface area contributed by atoms with Crippen LogP contribution in [0.15, 0.2) is 48.6 Å². The Bertz CT molecular complexity index is 974. The van der Waals surface area contributed by atoms with Crippen LogP contribution in [0.3, 0.4) is 0 Å². The van der Waals surface area contributed by atoms with Gasteiger partial charge >= 0.3 is 0 Å². The van der Waals surface area contributed by atoms with Gasteiger partial charge in [0.2, 0.25) is 5.91 Å². The Morgan fingerprint density at radius 3 is 1.39 bits per heavy atom. The van der Waals surface area contributed by atoms with E-state index in [2.05, 4.69) is 55.6 Å². The minimum Gasteiger partial charge on any atom is -0.387 e. The third-order valence-electron chi connectivity index (χ3n) is 8.81. The minimum absolute atomic E-state index is 0.255. The molecule has 8 heteroatoms. The van der Waals surface area contributed by atoms with Crippen LogP contribution in [0, 0.1) is 0 Å². The number of amides is 1. The molecular formula is C41H75NO6S. The maximum absolute atomic E-state index is 12.5. The minimum atomic E-state index is -4.46. The largest absolute Gasteiger partial charge is 0.387 e. The summed E-state index contributed by atoms with van der Waals surface area (Å²) in [6.07, 6.45) is 43.2. The molecule has 0 aliphatic rings. The molecule has 0 aliphatic heterocycles. The summed E-state index contributed by atoms with van der Waals surface area (Å²) in [6, 6.07) is -1.26. The molecule has 0 saturated carbocycles. The summed E-state index contributed by atoms with van der Waals surface area (Å²) in [5.74, 6) is -1.58. The average molecular weight is 710 g/mol. The second kappa shape index (κ2) is 34.7. The van der Waals surface area contributed by atoms with Crippen molar-refractivity contribution in [1.29, 1.82) is 0 Å². The Morgan fingerprint density at radius 1 is 0.551 bits per heavy atom. The molecular weight excluding hydrogens is 635 g/mol. The predicted octanol–water partition coefficient (Wildman–Crippen LogP) is 10.5. The SMILES string of the molecule is CCCCC/C=C\CCCCCCC(O)C(=O)NC(CS(=O)(=O)O)C(O)/C=C/CC/C=C/CC/C=C/CCCCCCCCCCCCC. The average Bonchev–Trinajstić information content (AvgIpc) is 3.06. The maximum Gasteiger partial charge on any atom is 0.267 e. The molecule has 1 amide bonds. The Labute approximate surface area is 302 Å². The third-order valence-corrected chi connectivity index (χ3v) is 9.59. The number of carbonyl (C=O) groups excluding carboxylic acids is 1. The molecule has 3 unspecified atom stereocenters. The van der Waals surface area contributed by atoms with E-state index in [1.807, 2.05) is 0 Å². The highest BCUT2D eigenvalue weighted by molar-refractivity contribution is 7.85. The fraction of sp³-hybridized carbons (Fsp3) is 0.780. The van der Waals surface area contributed by atoms with Gasteiger partial charge in [-0.2, -0.15) is 8.42 Å². The van der Waals surface area contributed by atoms with E-state index in [1.54, 1.807) is 6.08 Å². The quantitative estimate of drug-likeness (QED) is 0.0295. The van der Waals surface area contributed by atoms with E-state index in [4.69, 9.17) is 0 Å². The molecule has 7 nitrogen and oxygen atoms in total. The number of unbranched alkanes of at least 4 members (excludes halogenated alkanes) is 20. The van der Waals surface area contributed by atoms with Crippen molar-refractivity contribution in [3.8, 4) is 0 Å². The lowest BCUT2D eigenvalue weighted by Gasteiger charge is -2.22. The number of nitrogens with one attached hydrogen (secondary N) is 1. The molecule has 0 aliphatic carbocycles. The molecule has 0 saturated heterocycles. The Morgan fingerprint density at radius 2 is 0.918 bits per heavy atom. The van der Waals surface area contributed by atoms with Crippen molar-refractivity contribution in [3.05, 3.63) is 48.6 Å². The second-order valence-corrected chi connectivity index (χ2v) is 15.2. The predicted molar refractivity (Wildman–Crippen MR) is 208 cm³/mol. The van der Waals surface area contributed by atoms with Crippen LogP contribution in [0.25, 0.3) is 0 Å². The lowest BCUT2D eigenvalue weighted by Crippen LogP contribution is -2.50. The van der Waals surface area contributed by atoms with Crippen molar-refractivity contribution in [3.63, 3.8) is 0 Å². The fourth-order valence-electron chi connectivity index (χ4n) is 5.72. The van der Waals surface area contributed by atoms with Crippen LogP contribution in [-0.2, 0) is 14.9 Å². The normalized spacial score (nSPS) is 14.5. The number of hydrogen-bond acceptors (Lipinski definition) is 5. The summed E-state index contributed by atoms with van der Waals surface area (Å²) in [7, 11) is -4.46. The van der Waals surface area contributed by atoms with E-state index in [9.17, 15) is 28.0 Å². The molecule has 0 spiro atoms. The molecule has 0 aromatic heterocycles. The van der Waals surface area contributed by atoms with Crippen molar-refractivity contribution >= 4 is 16.0 Å². The zero-order chi connectivity index (χ0) is 36.3. The Hall–Kier alpha value is -1.74. The lowest BCUT2D eigenvalue weighted by molar-refractivity contribution is -0.130. The van der Waals surface area contributed by atoms with Crippen LogP contribution in [0.4, 0.5) is 0 Å². The zero-order valence-corrected chi connectivity index (χ0v) is 32.2. The van der Waals surface area contributed by atoms with Gasteiger partial charge in [0.05, 0.1) is 17.9 Å². The summed E-state index contributed by atoms with van der Waals surface area (Å²) >= 11 is 0. The van der Waals surface area contributed by atoms with Crippen molar-refractivity contribution in [2.24, 2.45) is 0 Å². The van der Waals surface area contributed by atoms with Crippen LogP contribution in [-0.4, -0.2) is 53.1 Å². The molecule has 0 aromatic rings. The third kappa shape index (κ3) is 34.5. The standard InChI is InChI=1S/C41H75NO6S/c1-3-5-7-9-11-13-15-16-17-18-19-20-21-22-23-24-26-27-29-31-33-35-39(43)38(37-49(46,47)48)42-41(45)40(44)36-34-32-30-28-25-14-12-10-8-6-4-2/h12,14,21-22,26-27,33,35,38-40,43-44H,3-11,13,15-20,23-25,28-32,34,36-37H2,1-2H3,(H,42,45)(H,46,47,48)/b14-12-,22-21+,27-26+,35-33+. The van der Waals surface area contributed by atoms with Crippen molar-refractivity contribution in [1.82, 2.24) is 5.32 Å². The molecule has 0 rings (SSSR count). The number of aliphatic hydroxyl groups excluding tert-OH is 2. The molecule has 0 fully saturated rings. The van der Waals surface area contributed by atoms with Crippen molar-refractivity contribution in [2.75, 3.05) is 5.75 Å². The van der Waals surface area contributed by atoms with Gasteiger partial charge in [-0.1, -0.05) is 159 Å². The molecule has 4 N–H and O–H groups in total. The van der Waals surface area contributed by atoms with E-state index in [0.29, 0.717) is 12.8 Å². The summed E-state index contributed by atoms with van der Waals surface area (Å²) in [5.41, 5.74) is 0. The monoisotopic (exact) mass is 710 g/mol. The summed E-state index contributed by atoms with van der Waals surface area (Å²) in [6.45, 7) is 4.46. The van der Waals surface area contributed by atoms with Gasteiger partial charge in [-0.05, 0) is 70.6 Å². The van der Waals surface area contributed by atoms with Gasteiger partial charge in [-0.15, -0.1) is 0 Å². The number of carbonyl (C=O) groups is 1. The Balaban J connectivity index is 4.13. The first-order valence-electron chi connectivity index (χ1n) is 19.9. The van der Waals surface area contributed by atoms with Gasteiger partial charge in [-0.3, -0.25) is 9.35 Å². The summed E-state index contributed by atoms with van der Waals surface area (Å²) < 4.78 is 32.4. The first-order chi connectivity index (χ1) is 23.7. The number of rotatable bonds is 35. The smallest absolute Gasteiger partial charge is 0.267 e. The van der Waals surface area contributed by atoms with Crippen LogP contribution in [0.1, 0.15) is 181 Å². The Kier molecular flexibility index (Phi) is 33.5. The molecule has 286 valence electrons. The molecule has 0 aromatic carbocycles. The van der Waals surface area contributed by atoms with Gasteiger partial charge < -0.3 is 15.5 Å². The van der Waals surface area contributed by atoms with Gasteiger partial charge in [-0.25, -0.2) is 0 Å². The van der Waals surface area contributed by atoms with Gasteiger partial charge in [0.15, 0.2) is 0 Å². The lowest BCUT2D eigenvalue weighted by atomic mass is 10.1. The molecule has 3 atom stereocenters. The summed E-state index contributed by atoms with van der Waals surface area (Å²) in [4.78, 5) is 12.5. The van der Waals surface area contributed by atoms with E-state index >= 15 is 0 Å². The van der Waals surface area contributed by atoms with E-state index < -0.39 is 40.0 Å². The van der Waals surface area contributed by atoms with Crippen LogP contribution >= 0.6 is 0 Å². The van der Waals surface area contributed by atoms with E-state index in [1.165, 1.54) is 96.0 Å². The van der Waals surface area contributed by atoms with E-state index in [-0.39, 0.29) is 6.42 Å². The van der Waals surface area contributed by atoms with Gasteiger partial charge in [0, 0.05) is 0 Å². The van der Waals surface area contributed by atoms with Crippen LogP contribution in [0.5, 0.6) is 0 Å². The van der Waals surface area contributed by atoms with Crippen LogP contribution < -0.4 is 5.32 Å². The highest BCUT2D eigenvalue weighted by atomic mass is 32.2. The van der Waals surface area contributed by atoms with Gasteiger partial charge in [0.1, 0.15) is 6.10 Å². The number of hydrogen-bond donors (Lipinski definition) is 4. The fourth-order valence-corrected chi connectivity index (χ4v) is 6.45. The first kappa shape index (κ1) is 47.3. The highest BCUT2D eigenvalue weighted by Gasteiger charge is 2.27. The second-order valence-electron chi connectivity index (χ2n) is 13.7. The summed E-state index contributed by atoms with van der Waals surface area (Å²) in [5, 5.41) is 23.3. The van der Waals surface area contributed by atoms with E-state index in [0.717, 1.165) is 57.8 Å². The van der Waals surface area contributed by atoms with Crippen molar-refractivity contribution in [2.45, 2.75) is 199 Å². The first-order valence-corrected chi connectivity index (χ1v) is 21.6. The molecule has 49 heavy (non-hydrogen) atoms. The number of aliphatic hydroxyl groups is 2. The molecule has 0 heterocycles.